The van der Waals surface area contributed by atoms with Gasteiger partial charge in [0.05, 0.1) is 11.4 Å². The van der Waals surface area contributed by atoms with Gasteiger partial charge in [0.15, 0.2) is 0 Å². The van der Waals surface area contributed by atoms with Crippen LogP contribution in [0.25, 0.3) is 0 Å². The number of thioether (sulfide) groups is 1. The number of aryl methyl sites for hydroxylation is 1. The quantitative estimate of drug-likeness (QED) is 0.579. The number of fused-ring (bicyclic) bond motifs is 2. The Balaban J connectivity index is 1.46. The van der Waals surface area contributed by atoms with E-state index in [0.717, 1.165) is 16.7 Å². The van der Waals surface area contributed by atoms with Crippen LogP contribution in [0.5, 0.6) is 0 Å². The molecule has 3 amide bonds. The average molecular weight is 492 g/mol. The van der Waals surface area contributed by atoms with E-state index in [0.29, 0.717) is 16.4 Å². The maximum absolute atomic E-state index is 14.0. The molecule has 1 saturated heterocycles. The van der Waals surface area contributed by atoms with Gasteiger partial charge in [-0.25, -0.2) is 0 Å². The van der Waals surface area contributed by atoms with Gasteiger partial charge in [-0.3, -0.25) is 24.2 Å². The van der Waals surface area contributed by atoms with Crippen LogP contribution in [0.2, 0.25) is 5.02 Å². The third-order valence-corrected chi connectivity index (χ3v) is 7.81. The summed E-state index contributed by atoms with van der Waals surface area (Å²) in [7, 11) is 0. The summed E-state index contributed by atoms with van der Waals surface area (Å²) in [5.74, 6) is -0.556. The van der Waals surface area contributed by atoms with E-state index in [1.165, 1.54) is 16.7 Å². The molecule has 0 radical (unpaired) electrons. The second kappa shape index (κ2) is 8.81. The maximum Gasteiger partial charge on any atom is 0.269 e. The SMILES string of the molecule is Cc1cccc(N2C(=O)CS[C@]23C(=O)N(CC(=O)NCc2ccccc2Cl)c2ccccc23)c1. The van der Waals surface area contributed by atoms with Crippen LogP contribution in [0.3, 0.4) is 0 Å². The molecule has 3 aromatic rings. The van der Waals surface area contributed by atoms with E-state index in [2.05, 4.69) is 5.32 Å². The van der Waals surface area contributed by atoms with Crippen LogP contribution in [-0.2, 0) is 25.8 Å². The number of nitrogens with zero attached hydrogens (tertiary/aromatic N) is 2. The van der Waals surface area contributed by atoms with Crippen molar-refractivity contribution in [2.45, 2.75) is 18.3 Å². The molecule has 0 bridgehead atoms. The molecule has 2 aliphatic heterocycles. The van der Waals surface area contributed by atoms with E-state index in [1.54, 1.807) is 11.0 Å². The van der Waals surface area contributed by atoms with E-state index < -0.39 is 4.87 Å². The summed E-state index contributed by atoms with van der Waals surface area (Å²) in [4.78, 5) is 41.7. The lowest BCUT2D eigenvalue weighted by molar-refractivity contribution is -0.125. The van der Waals surface area contributed by atoms with Gasteiger partial charge in [-0.15, -0.1) is 11.8 Å². The zero-order valence-corrected chi connectivity index (χ0v) is 20.0. The fourth-order valence-corrected chi connectivity index (χ4v) is 6.08. The van der Waals surface area contributed by atoms with Crippen molar-refractivity contribution in [1.29, 1.82) is 0 Å². The molecular formula is C26H22ClN3O3S. The Morgan fingerprint density at radius 2 is 1.82 bits per heavy atom. The zero-order valence-electron chi connectivity index (χ0n) is 18.5. The number of hydrogen-bond donors (Lipinski definition) is 1. The van der Waals surface area contributed by atoms with Gasteiger partial charge in [0.25, 0.3) is 5.91 Å². The van der Waals surface area contributed by atoms with Gasteiger partial charge in [0.2, 0.25) is 16.7 Å². The molecule has 0 aromatic heterocycles. The fourth-order valence-electron chi connectivity index (χ4n) is 4.51. The molecule has 0 saturated carbocycles. The topological polar surface area (TPSA) is 69.7 Å². The van der Waals surface area contributed by atoms with E-state index in [1.807, 2.05) is 73.7 Å². The molecule has 5 rings (SSSR count). The summed E-state index contributed by atoms with van der Waals surface area (Å²) in [5, 5.41) is 3.42. The first-order valence-electron chi connectivity index (χ1n) is 10.9. The number of rotatable bonds is 5. The minimum atomic E-state index is -1.23. The van der Waals surface area contributed by atoms with E-state index in [-0.39, 0.29) is 36.6 Å². The van der Waals surface area contributed by atoms with Crippen molar-refractivity contribution < 1.29 is 14.4 Å². The summed E-state index contributed by atoms with van der Waals surface area (Å²) < 4.78 is 0. The molecule has 2 aliphatic rings. The lowest BCUT2D eigenvalue weighted by atomic mass is 10.0. The molecule has 6 nitrogen and oxygen atoms in total. The number of para-hydroxylation sites is 1. The Bertz CT molecular complexity index is 1310. The van der Waals surface area contributed by atoms with Gasteiger partial charge < -0.3 is 5.32 Å². The second-order valence-corrected chi connectivity index (χ2v) is 9.85. The van der Waals surface area contributed by atoms with Gasteiger partial charge in [0, 0.05) is 22.8 Å². The van der Waals surface area contributed by atoms with E-state index in [9.17, 15) is 14.4 Å². The molecule has 0 aliphatic carbocycles. The van der Waals surface area contributed by atoms with Crippen molar-refractivity contribution >= 4 is 52.5 Å². The number of benzene rings is 3. The third kappa shape index (κ3) is 3.65. The molecule has 8 heteroatoms. The van der Waals surface area contributed by atoms with Gasteiger partial charge >= 0.3 is 0 Å². The minimum Gasteiger partial charge on any atom is -0.350 e. The zero-order chi connectivity index (χ0) is 23.9. The maximum atomic E-state index is 14.0. The molecule has 2 heterocycles. The highest BCUT2D eigenvalue weighted by molar-refractivity contribution is 8.02. The number of halogens is 1. The normalized spacial score (nSPS) is 19.1. The molecule has 3 aromatic carbocycles. The van der Waals surface area contributed by atoms with Crippen LogP contribution in [0.4, 0.5) is 11.4 Å². The first-order chi connectivity index (χ1) is 16.4. The molecule has 1 spiro atoms. The Labute approximate surface area is 206 Å². The second-order valence-electron chi connectivity index (χ2n) is 8.28. The van der Waals surface area contributed by atoms with Crippen molar-refractivity contribution in [2.75, 3.05) is 22.1 Å². The smallest absolute Gasteiger partial charge is 0.269 e. The highest BCUT2D eigenvalue weighted by atomic mass is 35.5. The van der Waals surface area contributed by atoms with Gasteiger partial charge in [-0.2, -0.15) is 0 Å². The Kier molecular flexibility index (Phi) is 5.83. The molecular weight excluding hydrogens is 470 g/mol. The van der Waals surface area contributed by atoms with E-state index in [4.69, 9.17) is 11.6 Å². The first-order valence-corrected chi connectivity index (χ1v) is 12.2. The summed E-state index contributed by atoms with van der Waals surface area (Å²) in [5.41, 5.74) is 3.82. The Morgan fingerprint density at radius 3 is 2.62 bits per heavy atom. The predicted molar refractivity (Wildman–Crippen MR) is 135 cm³/mol. The lowest BCUT2D eigenvalue weighted by Crippen LogP contribution is -2.51. The number of nitrogens with one attached hydrogen (secondary N) is 1. The molecule has 0 unspecified atom stereocenters. The van der Waals surface area contributed by atoms with Crippen LogP contribution >= 0.6 is 23.4 Å². The average Bonchev–Trinajstić information content (AvgIpc) is 3.29. The van der Waals surface area contributed by atoms with Gasteiger partial charge in [0.1, 0.15) is 6.54 Å². The predicted octanol–water partition coefficient (Wildman–Crippen LogP) is 4.24. The van der Waals surface area contributed by atoms with Crippen molar-refractivity contribution in [2.24, 2.45) is 0 Å². The number of carbonyl (C=O) groups is 3. The van der Waals surface area contributed by atoms with Crippen LogP contribution in [-0.4, -0.2) is 30.0 Å². The van der Waals surface area contributed by atoms with Gasteiger partial charge in [-0.1, -0.05) is 60.1 Å². The number of carbonyl (C=O) groups excluding carboxylic acids is 3. The van der Waals surface area contributed by atoms with Crippen LogP contribution in [0.15, 0.2) is 72.8 Å². The Hall–Kier alpha value is -3.29. The first kappa shape index (κ1) is 22.5. The van der Waals surface area contributed by atoms with Crippen molar-refractivity contribution in [1.82, 2.24) is 5.32 Å². The third-order valence-electron chi connectivity index (χ3n) is 6.06. The van der Waals surface area contributed by atoms with Crippen molar-refractivity contribution in [3.8, 4) is 0 Å². The molecule has 172 valence electrons. The van der Waals surface area contributed by atoms with Gasteiger partial charge in [-0.05, 0) is 42.3 Å². The van der Waals surface area contributed by atoms with Crippen molar-refractivity contribution in [3.63, 3.8) is 0 Å². The van der Waals surface area contributed by atoms with E-state index >= 15 is 0 Å². The number of anilines is 2. The summed E-state index contributed by atoms with van der Waals surface area (Å²) in [6.45, 7) is 2.05. The fraction of sp³-hybridized carbons (Fsp3) is 0.192. The molecule has 1 N–H and O–H groups in total. The minimum absolute atomic E-state index is 0.135. The largest absolute Gasteiger partial charge is 0.350 e. The van der Waals surface area contributed by atoms with Crippen LogP contribution in [0, 0.1) is 6.92 Å². The summed E-state index contributed by atoms with van der Waals surface area (Å²) in [6.07, 6.45) is 0. The number of amides is 3. The van der Waals surface area contributed by atoms with Crippen LogP contribution < -0.4 is 15.1 Å². The Morgan fingerprint density at radius 1 is 1.06 bits per heavy atom. The molecule has 1 fully saturated rings. The molecule has 1 atom stereocenters. The van der Waals surface area contributed by atoms with Crippen LogP contribution in [0.1, 0.15) is 16.7 Å². The van der Waals surface area contributed by atoms with Crippen molar-refractivity contribution in [3.05, 3.63) is 94.5 Å². The lowest BCUT2D eigenvalue weighted by Gasteiger charge is -2.33. The standard InChI is InChI=1S/C26H22ClN3O3S/c1-17-7-6-9-19(13-17)30-24(32)16-34-26(30)20-10-3-5-12-22(20)29(25(26)33)15-23(31)28-14-18-8-2-4-11-21(18)27/h2-13H,14-16H2,1H3,(H,28,31)/t26-/m1/s1. The highest BCUT2D eigenvalue weighted by Gasteiger charge is 2.61. The monoisotopic (exact) mass is 491 g/mol. The summed E-state index contributed by atoms with van der Waals surface area (Å²) in [6, 6.07) is 22.2. The molecule has 34 heavy (non-hydrogen) atoms. The highest BCUT2D eigenvalue weighted by Crippen LogP contribution is 2.55. The number of hydrogen-bond acceptors (Lipinski definition) is 4. The summed E-state index contributed by atoms with van der Waals surface area (Å²) >= 11 is 7.49.